The van der Waals surface area contributed by atoms with Crippen molar-refractivity contribution in [2.75, 3.05) is 13.1 Å². The summed E-state index contributed by atoms with van der Waals surface area (Å²) in [5, 5.41) is 10.3. The van der Waals surface area contributed by atoms with Gasteiger partial charge in [-0.2, -0.15) is 21.6 Å². The number of alkyl halides is 3. The van der Waals surface area contributed by atoms with Crippen LogP contribution in [0.5, 0.6) is 5.75 Å². The molecule has 0 atom stereocenters. The molecule has 2 aromatic carbocycles. The van der Waals surface area contributed by atoms with Gasteiger partial charge in [0.15, 0.2) is 0 Å². The quantitative estimate of drug-likeness (QED) is 0.593. The van der Waals surface area contributed by atoms with Crippen molar-refractivity contribution in [3.8, 4) is 5.75 Å². The Bertz CT molecular complexity index is 982. The van der Waals surface area contributed by atoms with E-state index in [9.17, 15) is 26.4 Å². The number of likely N-dealkylation sites (tertiary alicyclic amines) is 1. The highest BCUT2D eigenvalue weighted by molar-refractivity contribution is 7.88. The third-order valence-corrected chi connectivity index (χ3v) is 5.69. The maximum absolute atomic E-state index is 12.4. The Morgan fingerprint density at radius 3 is 2.32 bits per heavy atom. The van der Waals surface area contributed by atoms with Crippen LogP contribution in [-0.4, -0.2) is 43.0 Å². The molecule has 0 spiro atoms. The fourth-order valence-corrected chi connectivity index (χ4v) is 3.65. The van der Waals surface area contributed by atoms with E-state index >= 15 is 0 Å². The number of carbonyl (C=O) groups is 1. The summed E-state index contributed by atoms with van der Waals surface area (Å²) >= 11 is 0. The van der Waals surface area contributed by atoms with Crippen molar-refractivity contribution in [2.24, 2.45) is 5.92 Å². The summed E-state index contributed by atoms with van der Waals surface area (Å²) in [4.78, 5) is 13.2. The highest BCUT2D eigenvalue weighted by atomic mass is 32.2. The fourth-order valence-electron chi connectivity index (χ4n) is 3.19. The largest absolute Gasteiger partial charge is 0.534 e. The Morgan fingerprint density at radius 2 is 1.71 bits per heavy atom. The van der Waals surface area contributed by atoms with Crippen LogP contribution in [0.2, 0.25) is 0 Å². The molecule has 3 rings (SSSR count). The molecule has 1 aliphatic heterocycles. The van der Waals surface area contributed by atoms with Crippen LogP contribution in [-0.2, 0) is 21.5 Å². The highest BCUT2D eigenvalue weighted by Gasteiger charge is 2.48. The molecule has 2 aromatic rings. The Labute approximate surface area is 159 Å². The molecule has 0 radical (unpaired) electrons. The van der Waals surface area contributed by atoms with Gasteiger partial charge in [0.05, 0.1) is 5.92 Å². The normalized spacial score (nSPS) is 17.0. The average molecular weight is 417 g/mol. The predicted octanol–water partition coefficient (Wildman–Crippen LogP) is 3.36. The Hall–Kier alpha value is -2.33. The summed E-state index contributed by atoms with van der Waals surface area (Å²) in [7, 11) is -5.71. The van der Waals surface area contributed by atoms with Crippen LogP contribution in [0.1, 0.15) is 18.4 Å². The molecular weight excluding hydrogens is 399 g/mol. The monoisotopic (exact) mass is 417 g/mol. The van der Waals surface area contributed by atoms with Gasteiger partial charge in [-0.3, -0.25) is 9.69 Å². The van der Waals surface area contributed by atoms with Gasteiger partial charge in [-0.25, -0.2) is 0 Å². The molecule has 0 aromatic heterocycles. The van der Waals surface area contributed by atoms with Crippen molar-refractivity contribution in [2.45, 2.75) is 24.9 Å². The van der Waals surface area contributed by atoms with Crippen molar-refractivity contribution in [1.82, 2.24) is 4.90 Å². The van der Waals surface area contributed by atoms with Gasteiger partial charge in [0.2, 0.25) is 0 Å². The summed E-state index contributed by atoms with van der Waals surface area (Å²) in [6.45, 7) is 1.98. The van der Waals surface area contributed by atoms with Gasteiger partial charge in [-0.05, 0) is 60.5 Å². The molecule has 1 saturated heterocycles. The lowest BCUT2D eigenvalue weighted by Gasteiger charge is -2.30. The van der Waals surface area contributed by atoms with Crippen LogP contribution in [0.4, 0.5) is 13.2 Å². The van der Waals surface area contributed by atoms with E-state index in [1.54, 1.807) is 12.1 Å². The highest BCUT2D eigenvalue weighted by Crippen LogP contribution is 2.29. The molecule has 1 aliphatic rings. The lowest BCUT2D eigenvalue weighted by molar-refractivity contribution is -0.143. The SMILES string of the molecule is O=C(O)C1CCN(Cc2ccc3cc(OS(=O)(=O)C(F)(F)F)ccc3c2)CC1. The van der Waals surface area contributed by atoms with Gasteiger partial charge in [-0.15, -0.1) is 0 Å². The maximum Gasteiger partial charge on any atom is 0.534 e. The first-order chi connectivity index (χ1) is 13.0. The van der Waals surface area contributed by atoms with Gasteiger partial charge in [0.25, 0.3) is 0 Å². The summed E-state index contributed by atoms with van der Waals surface area (Å²) in [5.74, 6) is -1.48. The van der Waals surface area contributed by atoms with E-state index in [1.165, 1.54) is 18.2 Å². The Kier molecular flexibility index (Phi) is 5.53. The number of benzene rings is 2. The smallest absolute Gasteiger partial charge is 0.481 e. The minimum absolute atomic E-state index is 0.306. The van der Waals surface area contributed by atoms with Crippen molar-refractivity contribution < 1.29 is 35.7 Å². The Balaban J connectivity index is 1.71. The van der Waals surface area contributed by atoms with E-state index in [0.29, 0.717) is 37.9 Å². The number of nitrogens with zero attached hydrogens (tertiary/aromatic N) is 1. The molecule has 0 bridgehead atoms. The van der Waals surface area contributed by atoms with Crippen molar-refractivity contribution in [1.29, 1.82) is 0 Å². The van der Waals surface area contributed by atoms with Crippen LogP contribution in [0.3, 0.4) is 0 Å². The first kappa shape index (κ1) is 20.4. The second kappa shape index (κ2) is 7.59. The molecule has 0 amide bonds. The Morgan fingerprint density at radius 1 is 1.11 bits per heavy atom. The lowest BCUT2D eigenvalue weighted by Crippen LogP contribution is -2.35. The average Bonchev–Trinajstić information content (AvgIpc) is 2.61. The molecule has 152 valence electrons. The maximum atomic E-state index is 12.4. The van der Waals surface area contributed by atoms with Crippen LogP contribution >= 0.6 is 0 Å². The second-order valence-electron chi connectivity index (χ2n) is 6.72. The van der Waals surface area contributed by atoms with E-state index in [0.717, 1.165) is 10.9 Å². The lowest BCUT2D eigenvalue weighted by atomic mass is 9.96. The van der Waals surface area contributed by atoms with Gasteiger partial charge in [0.1, 0.15) is 5.75 Å². The first-order valence-corrected chi connectivity index (χ1v) is 9.94. The van der Waals surface area contributed by atoms with E-state index in [2.05, 4.69) is 9.08 Å². The molecule has 0 unspecified atom stereocenters. The molecule has 10 heteroatoms. The third kappa shape index (κ3) is 4.56. The van der Waals surface area contributed by atoms with Crippen molar-refractivity contribution in [3.05, 3.63) is 42.0 Å². The number of halogens is 3. The number of fused-ring (bicyclic) bond motifs is 1. The van der Waals surface area contributed by atoms with Gasteiger partial charge in [-0.1, -0.05) is 18.2 Å². The van der Waals surface area contributed by atoms with E-state index in [-0.39, 0.29) is 5.92 Å². The standard InChI is InChI=1S/C18H18F3NO5S/c19-18(20,21)28(25,26)27-16-4-3-14-9-12(1-2-15(14)10-16)11-22-7-5-13(6-8-22)17(23)24/h1-4,9-10,13H,5-8,11H2,(H,23,24). The number of aliphatic carboxylic acids is 1. The molecular formula is C18H18F3NO5S. The number of rotatable bonds is 5. The van der Waals surface area contributed by atoms with E-state index < -0.39 is 27.3 Å². The third-order valence-electron chi connectivity index (χ3n) is 4.71. The number of hydrogen-bond donors (Lipinski definition) is 1. The number of carboxylic acid groups (broad SMARTS) is 1. The molecule has 6 nitrogen and oxygen atoms in total. The molecule has 1 heterocycles. The van der Waals surface area contributed by atoms with Gasteiger partial charge in [0, 0.05) is 6.54 Å². The van der Waals surface area contributed by atoms with Crippen molar-refractivity contribution in [3.63, 3.8) is 0 Å². The van der Waals surface area contributed by atoms with Gasteiger partial charge < -0.3 is 9.29 Å². The van der Waals surface area contributed by atoms with Crippen LogP contribution < -0.4 is 4.18 Å². The first-order valence-electron chi connectivity index (χ1n) is 8.54. The zero-order chi connectivity index (χ0) is 20.5. The molecule has 0 saturated carbocycles. The second-order valence-corrected chi connectivity index (χ2v) is 8.25. The van der Waals surface area contributed by atoms with Crippen LogP contribution in [0.15, 0.2) is 36.4 Å². The topological polar surface area (TPSA) is 83.9 Å². The minimum atomic E-state index is -5.71. The predicted molar refractivity (Wildman–Crippen MR) is 95.2 cm³/mol. The zero-order valence-corrected chi connectivity index (χ0v) is 15.5. The van der Waals surface area contributed by atoms with Crippen LogP contribution in [0.25, 0.3) is 10.8 Å². The number of hydrogen-bond acceptors (Lipinski definition) is 5. The molecule has 28 heavy (non-hydrogen) atoms. The van der Waals surface area contributed by atoms with Crippen molar-refractivity contribution >= 4 is 26.9 Å². The summed E-state index contributed by atoms with van der Waals surface area (Å²) in [5.41, 5.74) is -4.52. The number of piperidine rings is 1. The molecule has 1 N–H and O–H groups in total. The summed E-state index contributed by atoms with van der Waals surface area (Å²) in [6.07, 6.45) is 1.19. The summed E-state index contributed by atoms with van der Waals surface area (Å²) in [6, 6.07) is 9.25. The fraction of sp³-hybridized carbons (Fsp3) is 0.389. The number of carboxylic acids is 1. The zero-order valence-electron chi connectivity index (χ0n) is 14.6. The minimum Gasteiger partial charge on any atom is -0.481 e. The van der Waals surface area contributed by atoms with E-state index in [1.807, 2.05) is 6.07 Å². The van der Waals surface area contributed by atoms with Crippen LogP contribution in [0, 0.1) is 5.92 Å². The molecule has 1 fully saturated rings. The summed E-state index contributed by atoms with van der Waals surface area (Å²) < 4.78 is 63.6. The molecule has 0 aliphatic carbocycles. The van der Waals surface area contributed by atoms with E-state index in [4.69, 9.17) is 5.11 Å². The van der Waals surface area contributed by atoms with Gasteiger partial charge >= 0.3 is 21.6 Å².